The highest BCUT2D eigenvalue weighted by atomic mass is 16.3. The monoisotopic (exact) mass is 320 g/mol. The van der Waals surface area contributed by atoms with Gasteiger partial charge in [-0.25, -0.2) is 0 Å². The molecule has 0 bridgehead atoms. The highest BCUT2D eigenvalue weighted by molar-refractivity contribution is 5.99. The molecule has 0 saturated heterocycles. The molecule has 128 valence electrons. The number of carbonyl (C=O) groups excluding carboxylic acids is 2. The maximum absolute atomic E-state index is 12.3. The third-order valence-corrected chi connectivity index (χ3v) is 3.34. The Morgan fingerprint density at radius 3 is 2.30 bits per heavy atom. The molecule has 0 spiro atoms. The molecule has 0 fully saturated rings. The SMILES string of the molecule is CCCNC(=O)c1cccc(C(=O)NC(CO)CC(C)(C)C)c1. The van der Waals surface area contributed by atoms with Crippen molar-refractivity contribution in [2.45, 2.75) is 46.6 Å². The predicted octanol–water partition coefficient (Wildman–Crippen LogP) is 2.35. The molecule has 0 aromatic heterocycles. The molecule has 0 aliphatic heterocycles. The highest BCUT2D eigenvalue weighted by Gasteiger charge is 2.20. The molecule has 23 heavy (non-hydrogen) atoms. The number of benzene rings is 1. The van der Waals surface area contributed by atoms with Gasteiger partial charge in [0.15, 0.2) is 0 Å². The van der Waals surface area contributed by atoms with Crippen LogP contribution < -0.4 is 10.6 Å². The zero-order valence-corrected chi connectivity index (χ0v) is 14.5. The first-order valence-corrected chi connectivity index (χ1v) is 8.07. The van der Waals surface area contributed by atoms with Crippen LogP contribution in [0.15, 0.2) is 24.3 Å². The summed E-state index contributed by atoms with van der Waals surface area (Å²) in [5, 5.41) is 15.1. The van der Waals surface area contributed by atoms with E-state index in [2.05, 4.69) is 31.4 Å². The molecule has 5 nitrogen and oxygen atoms in total. The van der Waals surface area contributed by atoms with Crippen molar-refractivity contribution >= 4 is 11.8 Å². The lowest BCUT2D eigenvalue weighted by molar-refractivity contribution is 0.0897. The summed E-state index contributed by atoms with van der Waals surface area (Å²) < 4.78 is 0. The zero-order chi connectivity index (χ0) is 17.5. The lowest BCUT2D eigenvalue weighted by Crippen LogP contribution is -2.40. The normalized spacial score (nSPS) is 12.6. The van der Waals surface area contributed by atoms with E-state index in [0.717, 1.165) is 6.42 Å². The Balaban J connectivity index is 2.78. The van der Waals surface area contributed by atoms with E-state index < -0.39 is 0 Å². The van der Waals surface area contributed by atoms with Crippen LogP contribution in [-0.4, -0.2) is 36.1 Å². The van der Waals surface area contributed by atoms with Gasteiger partial charge >= 0.3 is 0 Å². The van der Waals surface area contributed by atoms with Crippen molar-refractivity contribution < 1.29 is 14.7 Å². The van der Waals surface area contributed by atoms with E-state index in [-0.39, 0.29) is 29.9 Å². The van der Waals surface area contributed by atoms with Crippen LogP contribution in [0.2, 0.25) is 0 Å². The van der Waals surface area contributed by atoms with E-state index in [1.807, 2.05) is 6.92 Å². The third-order valence-electron chi connectivity index (χ3n) is 3.34. The molecule has 1 aromatic carbocycles. The molecule has 3 N–H and O–H groups in total. The van der Waals surface area contributed by atoms with Gasteiger partial charge in [0.05, 0.1) is 12.6 Å². The van der Waals surface area contributed by atoms with Crippen molar-refractivity contribution in [1.82, 2.24) is 10.6 Å². The van der Waals surface area contributed by atoms with Crippen LogP contribution in [0.5, 0.6) is 0 Å². The molecule has 1 atom stereocenters. The minimum atomic E-state index is -0.305. The lowest BCUT2D eigenvalue weighted by Gasteiger charge is -2.25. The van der Waals surface area contributed by atoms with E-state index >= 15 is 0 Å². The largest absolute Gasteiger partial charge is 0.394 e. The van der Waals surface area contributed by atoms with Gasteiger partial charge in [-0.1, -0.05) is 33.8 Å². The first-order valence-electron chi connectivity index (χ1n) is 8.07. The molecule has 0 heterocycles. The number of aliphatic hydroxyl groups excluding tert-OH is 1. The molecular formula is C18H28N2O3. The maximum Gasteiger partial charge on any atom is 0.251 e. The summed E-state index contributed by atoms with van der Waals surface area (Å²) in [6.45, 7) is 8.64. The summed E-state index contributed by atoms with van der Waals surface area (Å²) in [7, 11) is 0. The van der Waals surface area contributed by atoms with Crippen LogP contribution in [0.4, 0.5) is 0 Å². The molecule has 0 radical (unpaired) electrons. The Hall–Kier alpha value is -1.88. The fourth-order valence-corrected chi connectivity index (χ4v) is 2.31. The zero-order valence-electron chi connectivity index (χ0n) is 14.5. The van der Waals surface area contributed by atoms with Gasteiger partial charge in [0, 0.05) is 17.7 Å². The fraction of sp³-hybridized carbons (Fsp3) is 0.556. The smallest absolute Gasteiger partial charge is 0.251 e. The van der Waals surface area contributed by atoms with Gasteiger partial charge in [-0.15, -0.1) is 0 Å². The molecule has 0 aliphatic rings. The average Bonchev–Trinajstić information content (AvgIpc) is 2.50. The van der Waals surface area contributed by atoms with Crippen LogP contribution in [0.3, 0.4) is 0 Å². The minimum absolute atomic E-state index is 0.00254. The van der Waals surface area contributed by atoms with Crippen molar-refractivity contribution in [3.63, 3.8) is 0 Å². The number of aliphatic hydroxyl groups is 1. The Kier molecular flexibility index (Phi) is 7.23. The standard InChI is InChI=1S/C18H28N2O3/c1-5-9-19-16(22)13-7-6-8-14(10-13)17(23)20-15(12-21)11-18(2,3)4/h6-8,10,15,21H,5,9,11-12H2,1-4H3,(H,19,22)(H,20,23). The summed E-state index contributed by atoms with van der Waals surface area (Å²) in [6.07, 6.45) is 1.53. The van der Waals surface area contributed by atoms with Gasteiger partial charge in [0.25, 0.3) is 11.8 Å². The Morgan fingerprint density at radius 1 is 1.17 bits per heavy atom. The van der Waals surface area contributed by atoms with Crippen molar-refractivity contribution in [3.05, 3.63) is 35.4 Å². The highest BCUT2D eigenvalue weighted by Crippen LogP contribution is 2.20. The second-order valence-corrected chi connectivity index (χ2v) is 6.95. The molecular weight excluding hydrogens is 292 g/mol. The van der Waals surface area contributed by atoms with Crippen LogP contribution >= 0.6 is 0 Å². The number of amides is 2. The van der Waals surface area contributed by atoms with Gasteiger partial charge in [-0.05, 0) is 36.5 Å². The Bertz CT molecular complexity index is 535. The maximum atomic E-state index is 12.3. The number of hydrogen-bond acceptors (Lipinski definition) is 3. The summed E-state index contributed by atoms with van der Waals surface area (Å²) in [5.41, 5.74) is 0.881. The minimum Gasteiger partial charge on any atom is -0.394 e. The van der Waals surface area contributed by atoms with Crippen molar-refractivity contribution in [2.24, 2.45) is 5.41 Å². The topological polar surface area (TPSA) is 78.4 Å². The second-order valence-electron chi connectivity index (χ2n) is 6.95. The van der Waals surface area contributed by atoms with Gasteiger partial charge in [-0.3, -0.25) is 9.59 Å². The van der Waals surface area contributed by atoms with Crippen molar-refractivity contribution in [1.29, 1.82) is 0 Å². The van der Waals surface area contributed by atoms with Crippen molar-refractivity contribution in [2.75, 3.05) is 13.2 Å². The molecule has 1 aromatic rings. The van der Waals surface area contributed by atoms with Crippen molar-refractivity contribution in [3.8, 4) is 0 Å². The van der Waals surface area contributed by atoms with E-state index in [1.54, 1.807) is 24.3 Å². The van der Waals surface area contributed by atoms with Gasteiger partial charge < -0.3 is 15.7 Å². The fourth-order valence-electron chi connectivity index (χ4n) is 2.31. The molecule has 2 amide bonds. The van der Waals surface area contributed by atoms with E-state index in [1.165, 1.54) is 0 Å². The summed E-state index contributed by atoms with van der Waals surface area (Å²) in [4.78, 5) is 24.3. The van der Waals surface area contributed by atoms with Gasteiger partial charge in [0.2, 0.25) is 0 Å². The molecule has 1 rings (SSSR count). The van der Waals surface area contributed by atoms with Crippen LogP contribution in [0, 0.1) is 5.41 Å². The Morgan fingerprint density at radius 2 is 1.78 bits per heavy atom. The Labute approximate surface area is 138 Å². The molecule has 1 unspecified atom stereocenters. The van der Waals surface area contributed by atoms with E-state index in [0.29, 0.717) is 24.1 Å². The summed E-state index contributed by atoms with van der Waals surface area (Å²) >= 11 is 0. The summed E-state index contributed by atoms with van der Waals surface area (Å²) in [5.74, 6) is -0.464. The van der Waals surface area contributed by atoms with E-state index in [4.69, 9.17) is 0 Å². The van der Waals surface area contributed by atoms with Gasteiger partial charge in [-0.2, -0.15) is 0 Å². The van der Waals surface area contributed by atoms with E-state index in [9.17, 15) is 14.7 Å². The predicted molar refractivity (Wildman–Crippen MR) is 91.5 cm³/mol. The quantitative estimate of drug-likeness (QED) is 0.721. The van der Waals surface area contributed by atoms with Crippen LogP contribution in [-0.2, 0) is 0 Å². The van der Waals surface area contributed by atoms with Crippen LogP contribution in [0.1, 0.15) is 61.3 Å². The number of nitrogens with one attached hydrogen (secondary N) is 2. The lowest BCUT2D eigenvalue weighted by atomic mass is 9.88. The average molecular weight is 320 g/mol. The number of hydrogen-bond donors (Lipinski definition) is 3. The number of rotatable bonds is 7. The molecule has 0 saturated carbocycles. The van der Waals surface area contributed by atoms with Crippen LogP contribution in [0.25, 0.3) is 0 Å². The third kappa shape index (κ3) is 6.82. The first kappa shape index (κ1) is 19.2. The molecule has 0 aliphatic carbocycles. The second kappa shape index (κ2) is 8.67. The van der Waals surface area contributed by atoms with Gasteiger partial charge in [0.1, 0.15) is 0 Å². The number of carbonyl (C=O) groups is 2. The first-order chi connectivity index (χ1) is 10.8. The molecule has 5 heteroatoms. The summed E-state index contributed by atoms with van der Waals surface area (Å²) in [6, 6.07) is 6.30.